The second-order valence-electron chi connectivity index (χ2n) is 24.1. The number of carbonyl (C=O) groups is 6. The standard InChI is InChI=1S/C30H32N2O5.C24H29N3O6.C17H17NO2.C8H10/c1-18-20(9-6-10-26(31)34)15-22-24(33)13-14-30(36-2)28(22)27(18)23-16-21(11-12-25(23)37-30)29(35)32-17-19-7-4-3-5-8-19;1-3-25-24(30)16-20(19-10-7-8-11-21(19)27(31)32)26-23(29)12-6-4-5-9-17-15-18(33-2)13-14-22(17)28;1-2-6-14-11-15(9-10-16(14)19)17(20)18-12-13-7-4-3-5-8-13;1-7-3-5-8(2)6-4-7/h3-5,7-8,11-16,18,20,27-28H,6,9-10,17H2,1-2H3,(H2,31,34)(H,32,35);5,7-11,13-15,20,28H,3-4,6,12,16H2,1-2H3,(H,25,30)(H,26,29);2-11,19H,12H2,1H3,(H,18,20);3-6H,1-2H3/b;9-5+;6-2+;. The van der Waals surface area contributed by atoms with E-state index in [2.05, 4.69) is 66.3 Å². The van der Waals surface area contributed by atoms with Crippen LogP contribution in [0.1, 0.15) is 143 Å². The predicted octanol–water partition coefficient (Wildman–Crippen LogP) is 13.6. The van der Waals surface area contributed by atoms with Crippen molar-refractivity contribution in [2.24, 2.45) is 23.5 Å². The molecule has 8 N–H and O–H groups in total. The van der Waals surface area contributed by atoms with Gasteiger partial charge in [0.2, 0.25) is 23.5 Å². The van der Waals surface area contributed by atoms with E-state index in [1.54, 1.807) is 94.0 Å². The van der Waals surface area contributed by atoms with E-state index in [1.165, 1.54) is 29.3 Å². The summed E-state index contributed by atoms with van der Waals surface area (Å²) in [7, 11) is 3.14. The van der Waals surface area contributed by atoms with Gasteiger partial charge in [0.05, 0.1) is 36.0 Å². The largest absolute Gasteiger partial charge is 0.507 e. The molecular formula is C79H88N6O13. The van der Waals surface area contributed by atoms with Crippen LogP contribution in [0, 0.1) is 41.7 Å². The second-order valence-corrected chi connectivity index (χ2v) is 24.1. The summed E-state index contributed by atoms with van der Waals surface area (Å²) >= 11 is 0. The van der Waals surface area contributed by atoms with Crippen molar-refractivity contribution in [2.45, 2.75) is 110 Å². The average molecular weight is 1330 g/mol. The Morgan fingerprint density at radius 2 is 1.32 bits per heavy atom. The number of nitro groups is 1. The van der Waals surface area contributed by atoms with Crippen molar-refractivity contribution in [2.75, 3.05) is 20.8 Å². The van der Waals surface area contributed by atoms with Crippen molar-refractivity contribution in [3.63, 3.8) is 0 Å². The van der Waals surface area contributed by atoms with Crippen LogP contribution in [0.2, 0.25) is 0 Å². The lowest BCUT2D eigenvalue weighted by atomic mass is 9.58. The number of nitrogens with two attached hydrogens (primary N) is 1. The molecule has 2 aliphatic carbocycles. The first-order chi connectivity index (χ1) is 47.2. The number of nitrogens with zero attached hydrogens (tertiary/aromatic N) is 1. The smallest absolute Gasteiger partial charge is 0.274 e. The molecule has 19 heteroatoms. The highest BCUT2D eigenvalue weighted by atomic mass is 16.7. The lowest BCUT2D eigenvalue weighted by molar-refractivity contribution is -0.385. The molecule has 5 amide bonds. The summed E-state index contributed by atoms with van der Waals surface area (Å²) in [6.45, 7) is 11.3. The molecule has 0 spiro atoms. The maximum atomic E-state index is 13.1. The van der Waals surface area contributed by atoms with Gasteiger partial charge in [0.25, 0.3) is 17.5 Å². The van der Waals surface area contributed by atoms with Crippen LogP contribution in [0.3, 0.4) is 0 Å². The summed E-state index contributed by atoms with van der Waals surface area (Å²) in [6.07, 6.45) is 15.3. The van der Waals surface area contributed by atoms with E-state index in [0.717, 1.165) is 23.1 Å². The molecule has 6 unspecified atom stereocenters. The van der Waals surface area contributed by atoms with Gasteiger partial charge >= 0.3 is 0 Å². The number of nitro benzene ring substituents is 1. The van der Waals surface area contributed by atoms with Gasteiger partial charge in [-0.05, 0) is 149 Å². The number of amides is 5. The molecule has 0 bridgehead atoms. The monoisotopic (exact) mass is 1330 g/mol. The molecule has 98 heavy (non-hydrogen) atoms. The van der Waals surface area contributed by atoms with Crippen molar-refractivity contribution >= 4 is 53.2 Å². The number of aryl methyl sites for hydroxylation is 2. The summed E-state index contributed by atoms with van der Waals surface area (Å²) in [5.74, 6) is -1.12. The number of aromatic hydroxyl groups is 2. The molecule has 1 heterocycles. The lowest BCUT2D eigenvalue weighted by Gasteiger charge is -2.53. The zero-order valence-electron chi connectivity index (χ0n) is 56.5. The number of hydrogen-bond acceptors (Lipinski definition) is 13. The molecule has 512 valence electrons. The minimum atomic E-state index is -1.10. The minimum Gasteiger partial charge on any atom is -0.507 e. The zero-order chi connectivity index (χ0) is 70.7. The van der Waals surface area contributed by atoms with E-state index in [-0.39, 0.29) is 94.6 Å². The molecule has 0 aromatic heterocycles. The fourth-order valence-electron chi connectivity index (χ4n) is 11.9. The number of ether oxygens (including phenoxy) is 3. The number of phenolic OH excluding ortho intramolecular Hbond substituents is 2. The van der Waals surface area contributed by atoms with Crippen molar-refractivity contribution < 1.29 is 58.1 Å². The molecule has 0 saturated carbocycles. The van der Waals surface area contributed by atoms with Gasteiger partial charge in [0, 0.05) is 79.4 Å². The summed E-state index contributed by atoms with van der Waals surface area (Å²) in [4.78, 5) is 85.1. The third-order valence-corrected chi connectivity index (χ3v) is 17.1. The van der Waals surface area contributed by atoms with Crippen molar-refractivity contribution in [1.29, 1.82) is 0 Å². The highest BCUT2D eigenvalue weighted by Crippen LogP contribution is 2.58. The summed E-state index contributed by atoms with van der Waals surface area (Å²) < 4.78 is 17.5. The van der Waals surface area contributed by atoms with E-state index < -0.39 is 16.8 Å². The van der Waals surface area contributed by atoms with Crippen LogP contribution in [0.4, 0.5) is 5.69 Å². The van der Waals surface area contributed by atoms with Crippen LogP contribution >= 0.6 is 0 Å². The van der Waals surface area contributed by atoms with Crippen LogP contribution in [-0.4, -0.2) is 77.0 Å². The Bertz CT molecular complexity index is 4000. The number of primary amides is 1. The van der Waals surface area contributed by atoms with Crippen molar-refractivity contribution in [3.8, 4) is 23.0 Å². The van der Waals surface area contributed by atoms with Crippen LogP contribution < -0.4 is 36.5 Å². The van der Waals surface area contributed by atoms with Gasteiger partial charge in [0.1, 0.15) is 23.0 Å². The summed E-state index contributed by atoms with van der Waals surface area (Å²) in [5.41, 5.74) is 14.1. The van der Waals surface area contributed by atoms with Gasteiger partial charge in [-0.25, -0.2) is 0 Å². The summed E-state index contributed by atoms with van der Waals surface area (Å²) in [5, 5.41) is 42.3. The first kappa shape index (κ1) is 74.5. The molecule has 19 nitrogen and oxygen atoms in total. The third-order valence-electron chi connectivity index (χ3n) is 17.1. The lowest BCUT2D eigenvalue weighted by Crippen LogP contribution is -2.56. The number of unbranched alkanes of at least 4 members (excludes halogenated alkanes) is 1. The van der Waals surface area contributed by atoms with Gasteiger partial charge in [0.15, 0.2) is 5.78 Å². The fraction of sp³-hybridized carbons (Fsp3) is 0.291. The maximum absolute atomic E-state index is 13.1. The van der Waals surface area contributed by atoms with Crippen molar-refractivity contribution in [1.82, 2.24) is 21.3 Å². The number of rotatable bonds is 24. The number of phenols is 2. The number of hydrogen-bond donors (Lipinski definition) is 7. The van der Waals surface area contributed by atoms with E-state index in [1.807, 2.05) is 97.9 Å². The van der Waals surface area contributed by atoms with Gasteiger partial charge in [-0.3, -0.25) is 38.9 Å². The Labute approximate surface area is 573 Å². The first-order valence-electron chi connectivity index (χ1n) is 32.8. The van der Waals surface area contributed by atoms with E-state index in [4.69, 9.17) is 19.9 Å². The van der Waals surface area contributed by atoms with E-state index in [9.17, 15) is 49.1 Å². The second kappa shape index (κ2) is 36.8. The third kappa shape index (κ3) is 21.0. The fourth-order valence-corrected chi connectivity index (χ4v) is 11.9. The Morgan fingerprint density at radius 1 is 0.724 bits per heavy atom. The maximum Gasteiger partial charge on any atom is 0.274 e. The number of ketones is 1. The van der Waals surface area contributed by atoms with Crippen molar-refractivity contribution in [3.05, 3.63) is 265 Å². The number of nitrogens with one attached hydrogen (secondary N) is 4. The number of allylic oxidation sites excluding steroid dienone is 4. The van der Waals surface area contributed by atoms with Crippen LogP contribution in [0.5, 0.6) is 23.0 Å². The quantitative estimate of drug-likeness (QED) is 0.0168. The molecule has 3 aliphatic rings. The van der Waals surface area contributed by atoms with Gasteiger partial charge in [-0.1, -0.05) is 152 Å². The topological polar surface area (TPSA) is 288 Å². The molecule has 0 fully saturated rings. The number of para-hydroxylation sites is 1. The van der Waals surface area contributed by atoms with E-state index in [0.29, 0.717) is 84.6 Å². The highest BCUT2D eigenvalue weighted by molar-refractivity contribution is 6.06. The molecule has 6 atom stereocenters. The zero-order valence-corrected chi connectivity index (χ0v) is 56.5. The number of methoxy groups -OCH3 is 2. The van der Waals surface area contributed by atoms with Crippen LogP contribution in [0.25, 0.3) is 12.2 Å². The predicted molar refractivity (Wildman–Crippen MR) is 380 cm³/mol. The van der Waals surface area contributed by atoms with Gasteiger partial charge < -0.3 is 51.4 Å². The highest BCUT2D eigenvalue weighted by Gasteiger charge is 2.57. The Kier molecular flexibility index (Phi) is 28.0. The summed E-state index contributed by atoms with van der Waals surface area (Å²) in [6, 6.07) is 48.4. The molecule has 7 aromatic carbocycles. The molecule has 0 saturated heterocycles. The average Bonchev–Trinajstić information content (AvgIpc) is 0.709. The number of fused-ring (bicyclic) bond motifs is 2. The van der Waals surface area contributed by atoms with Gasteiger partial charge in [-0.15, -0.1) is 0 Å². The molecule has 0 radical (unpaired) electrons. The number of benzene rings is 7. The first-order valence-corrected chi connectivity index (χ1v) is 32.8. The van der Waals surface area contributed by atoms with E-state index >= 15 is 0 Å². The Hall–Kier alpha value is -10.9. The minimum absolute atomic E-state index is 0.0571. The normalized spacial score (nSPS) is 17.2. The molecule has 10 rings (SSSR count). The number of carbonyl (C=O) groups excluding carboxylic acids is 6. The Morgan fingerprint density at radius 3 is 1.91 bits per heavy atom. The van der Waals surface area contributed by atoms with Gasteiger partial charge in [-0.2, -0.15) is 0 Å². The van der Waals surface area contributed by atoms with Crippen LogP contribution in [0.15, 0.2) is 200 Å². The Balaban J connectivity index is 0.000000202. The van der Waals surface area contributed by atoms with Crippen LogP contribution in [-0.2, 0) is 37.0 Å². The SMILES string of the molecule is C/C=C/c1cc(C(=O)NCc2ccccc2)ccc1O.CCNC(=O)CC(NC(=O)CCC/C=C/c1cc(OC)ccc1O)c1ccccc1[N+](=O)[O-].COC12C=CC(=O)C3=CC(CCCC(N)=O)C(C)C(c4cc(C(=O)NCc5ccccc5)ccc4O1)C32.Cc1ccc(C)cc1. The molecule has 1 aliphatic heterocycles. The molecule has 7 aromatic rings. The molecular weight excluding hydrogens is 1240 g/mol.